The number of aromatic nitrogens is 1. The van der Waals surface area contributed by atoms with Crippen molar-refractivity contribution >= 4 is 39.2 Å². The van der Waals surface area contributed by atoms with Crippen molar-refractivity contribution in [3.05, 3.63) is 53.5 Å². The Labute approximate surface area is 196 Å². The molecule has 0 amide bonds. The number of para-hydroxylation sites is 3. The van der Waals surface area contributed by atoms with Crippen molar-refractivity contribution in [1.29, 1.82) is 0 Å². The molecule has 3 aromatic rings. The Hall–Kier alpha value is -3.13. The van der Waals surface area contributed by atoms with Crippen molar-refractivity contribution in [2.75, 3.05) is 11.4 Å². The monoisotopic (exact) mass is 469 g/mol. The molecule has 1 aliphatic rings. The fourth-order valence-electron chi connectivity index (χ4n) is 4.37. The number of thiazole rings is 1. The van der Waals surface area contributed by atoms with Crippen molar-refractivity contribution in [1.82, 2.24) is 0 Å². The van der Waals surface area contributed by atoms with Gasteiger partial charge in [-0.05, 0) is 31.0 Å². The third kappa shape index (κ3) is 5.63. The molecule has 1 atom stereocenters. The number of aryl methyl sites for hydroxylation is 2. The number of rotatable bonds is 12. The Balaban J connectivity index is 1.42. The first-order chi connectivity index (χ1) is 16.0. The molecule has 0 spiro atoms. The highest BCUT2D eigenvalue weighted by Crippen LogP contribution is 2.38. The maximum atomic E-state index is 11.0. The summed E-state index contributed by atoms with van der Waals surface area (Å²) in [5.74, 6) is -0.696. The number of carboxylic acids is 2. The third-order valence-corrected chi connectivity index (χ3v) is 7.10. The first kappa shape index (κ1) is 23.0. The lowest BCUT2D eigenvalue weighted by atomic mass is 10.2. The lowest BCUT2D eigenvalue weighted by Gasteiger charge is -2.25. The summed E-state index contributed by atoms with van der Waals surface area (Å²) in [6, 6.07) is 16.2. The van der Waals surface area contributed by atoms with Gasteiger partial charge in [-0.3, -0.25) is 9.59 Å². The fraction of sp³-hybridized carbons (Fsp3) is 0.400. The van der Waals surface area contributed by atoms with Gasteiger partial charge in [-0.2, -0.15) is 4.57 Å². The van der Waals surface area contributed by atoms with Crippen LogP contribution in [0.2, 0.25) is 0 Å². The number of carbonyl (C=O) groups is 2. The second-order valence-electron chi connectivity index (χ2n) is 8.24. The average molecular weight is 470 g/mol. The maximum absolute atomic E-state index is 11.0. The summed E-state index contributed by atoms with van der Waals surface area (Å²) in [4.78, 5) is 24.1. The molecule has 1 aliphatic heterocycles. The number of benzene rings is 2. The van der Waals surface area contributed by atoms with Crippen LogP contribution >= 0.6 is 11.3 Å². The Morgan fingerprint density at radius 2 is 1.70 bits per heavy atom. The van der Waals surface area contributed by atoms with E-state index in [0.717, 1.165) is 36.2 Å². The summed E-state index contributed by atoms with van der Waals surface area (Å²) in [5, 5.41) is 19.3. The second kappa shape index (κ2) is 10.7. The highest BCUT2D eigenvalue weighted by Gasteiger charge is 2.30. The molecule has 0 fully saturated rings. The van der Waals surface area contributed by atoms with Gasteiger partial charge in [-0.15, -0.1) is 0 Å². The predicted octanol–water partition coefficient (Wildman–Crippen LogP) is 4.47. The first-order valence-electron chi connectivity index (χ1n) is 11.4. The van der Waals surface area contributed by atoms with Crippen LogP contribution in [0.5, 0.6) is 5.75 Å². The summed E-state index contributed by atoms with van der Waals surface area (Å²) < 4.78 is 9.68. The third-order valence-electron chi connectivity index (χ3n) is 5.87. The Bertz CT molecular complexity index is 1130. The maximum Gasteiger partial charge on any atom is 0.303 e. The van der Waals surface area contributed by atoms with Gasteiger partial charge in [0.25, 0.3) is 0 Å². The van der Waals surface area contributed by atoms with Crippen LogP contribution in [0.3, 0.4) is 0 Å². The second-order valence-corrected chi connectivity index (χ2v) is 9.35. The molecule has 1 aromatic heterocycles. The van der Waals surface area contributed by atoms with Crippen LogP contribution in [0.4, 0.5) is 5.69 Å². The molecule has 2 N–H and O–H groups in total. The van der Waals surface area contributed by atoms with E-state index in [2.05, 4.69) is 21.6 Å². The summed E-state index contributed by atoms with van der Waals surface area (Å²) in [7, 11) is 0. The molecule has 0 radical (unpaired) electrons. The highest BCUT2D eigenvalue weighted by molar-refractivity contribution is 7.18. The number of carboxylic acid groups (broad SMARTS) is 2. The van der Waals surface area contributed by atoms with Gasteiger partial charge in [0.1, 0.15) is 10.4 Å². The number of hydrogen-bond acceptors (Lipinski definition) is 5. The van der Waals surface area contributed by atoms with Crippen LogP contribution in [0, 0.1) is 0 Å². The lowest BCUT2D eigenvalue weighted by molar-refractivity contribution is -0.674. The lowest BCUT2D eigenvalue weighted by Crippen LogP contribution is -2.37. The van der Waals surface area contributed by atoms with Crippen molar-refractivity contribution in [2.45, 2.75) is 57.7 Å². The largest absolute Gasteiger partial charge is 0.481 e. The fourth-order valence-corrected chi connectivity index (χ4v) is 5.60. The van der Waals surface area contributed by atoms with Crippen molar-refractivity contribution in [2.24, 2.45) is 0 Å². The van der Waals surface area contributed by atoms with Crippen molar-refractivity contribution < 1.29 is 29.1 Å². The van der Waals surface area contributed by atoms with Crippen LogP contribution < -0.4 is 14.2 Å². The van der Waals surface area contributed by atoms with E-state index in [1.165, 1.54) is 9.71 Å². The molecule has 1 unspecified atom stereocenters. The zero-order chi connectivity index (χ0) is 23.2. The Morgan fingerprint density at radius 1 is 0.970 bits per heavy atom. The number of ether oxygens (including phenoxy) is 1. The van der Waals surface area contributed by atoms with E-state index in [1.54, 1.807) is 11.3 Å². The number of fused-ring (bicyclic) bond motifs is 2. The summed E-state index contributed by atoms with van der Waals surface area (Å²) in [6.45, 7) is 1.34. The predicted molar refractivity (Wildman–Crippen MR) is 127 cm³/mol. The Kier molecular flexibility index (Phi) is 7.44. The molecule has 0 saturated carbocycles. The zero-order valence-corrected chi connectivity index (χ0v) is 19.3. The van der Waals surface area contributed by atoms with Crippen LogP contribution in [0.15, 0.2) is 48.5 Å². The molecule has 2 aromatic carbocycles. The zero-order valence-electron chi connectivity index (χ0n) is 18.5. The quantitative estimate of drug-likeness (QED) is 0.381. The van der Waals surface area contributed by atoms with Crippen LogP contribution in [0.1, 0.15) is 43.5 Å². The molecule has 33 heavy (non-hydrogen) atoms. The average Bonchev–Trinajstić information content (AvgIpc) is 3.32. The molecule has 0 bridgehead atoms. The molecule has 7 nitrogen and oxygen atoms in total. The molecular weight excluding hydrogens is 440 g/mol. The molecule has 2 heterocycles. The van der Waals surface area contributed by atoms with Gasteiger partial charge < -0.3 is 19.8 Å². The minimum atomic E-state index is -0.780. The van der Waals surface area contributed by atoms with Gasteiger partial charge in [0.05, 0.1) is 12.1 Å². The molecule has 0 saturated heterocycles. The van der Waals surface area contributed by atoms with Crippen molar-refractivity contribution in [3.63, 3.8) is 0 Å². The smallest absolute Gasteiger partial charge is 0.303 e. The Morgan fingerprint density at radius 3 is 2.52 bits per heavy atom. The van der Waals surface area contributed by atoms with E-state index in [1.807, 2.05) is 36.4 Å². The number of aliphatic carboxylic acids is 2. The molecule has 174 valence electrons. The first-order valence-corrected chi connectivity index (χ1v) is 12.2. The van der Waals surface area contributed by atoms with E-state index >= 15 is 0 Å². The van der Waals surface area contributed by atoms with Crippen LogP contribution in [0.25, 0.3) is 10.2 Å². The van der Waals surface area contributed by atoms with Crippen LogP contribution in [-0.4, -0.2) is 34.9 Å². The SMILES string of the molecule is O=C(O)CCCN1c2ccccc2OC1CCCc1sc2ccccc2[n+]1CCCC(=O)O. The molecular formula is C25H29N2O5S+. The van der Waals surface area contributed by atoms with Gasteiger partial charge >= 0.3 is 11.9 Å². The van der Waals surface area contributed by atoms with Gasteiger partial charge in [0.2, 0.25) is 10.5 Å². The normalized spacial score (nSPS) is 14.9. The van der Waals surface area contributed by atoms with Gasteiger partial charge in [0, 0.05) is 38.3 Å². The highest BCUT2D eigenvalue weighted by atomic mass is 32.1. The summed E-state index contributed by atoms with van der Waals surface area (Å²) in [6.07, 6.45) is 4.00. The molecule has 8 heteroatoms. The van der Waals surface area contributed by atoms with E-state index in [0.29, 0.717) is 25.9 Å². The van der Waals surface area contributed by atoms with Crippen LogP contribution in [-0.2, 0) is 22.6 Å². The summed E-state index contributed by atoms with van der Waals surface area (Å²) in [5.41, 5.74) is 2.18. The van der Waals surface area contributed by atoms with E-state index in [9.17, 15) is 9.59 Å². The minimum Gasteiger partial charge on any atom is -0.481 e. The standard InChI is InChI=1S/C25H28N2O5S/c28-24(29)14-6-16-26-18-8-1-3-10-20(18)32-22(26)12-5-13-23-27(17-7-15-25(30)31)19-9-2-4-11-21(19)33-23/h1-4,8-11,22H,5-7,12-17H2,(H-,28,29,30,31)/p+1. The summed E-state index contributed by atoms with van der Waals surface area (Å²) >= 11 is 1.77. The van der Waals surface area contributed by atoms with Gasteiger partial charge in [-0.25, -0.2) is 0 Å². The van der Waals surface area contributed by atoms with E-state index in [4.69, 9.17) is 14.9 Å². The van der Waals surface area contributed by atoms with Crippen molar-refractivity contribution in [3.8, 4) is 5.75 Å². The number of hydrogen-bond donors (Lipinski definition) is 2. The minimum absolute atomic E-state index is 0.106. The number of nitrogens with zero attached hydrogens (tertiary/aromatic N) is 2. The molecule has 0 aliphatic carbocycles. The topological polar surface area (TPSA) is 91.0 Å². The van der Waals surface area contributed by atoms with E-state index in [-0.39, 0.29) is 19.1 Å². The van der Waals surface area contributed by atoms with Gasteiger partial charge in [-0.1, -0.05) is 35.6 Å². The van der Waals surface area contributed by atoms with E-state index < -0.39 is 11.9 Å². The van der Waals surface area contributed by atoms with Gasteiger partial charge in [0.15, 0.2) is 12.8 Å². The molecule has 4 rings (SSSR count). The number of anilines is 1.